The van der Waals surface area contributed by atoms with Crippen LogP contribution in [-0.2, 0) is 6.18 Å². The number of alkyl halides is 3. The summed E-state index contributed by atoms with van der Waals surface area (Å²) in [6.45, 7) is 0. The maximum Gasteiger partial charge on any atom is 0.416 e. The molecule has 0 aliphatic heterocycles. The summed E-state index contributed by atoms with van der Waals surface area (Å²) < 4.78 is 37.6. The predicted molar refractivity (Wildman–Crippen MR) is 63.5 cm³/mol. The number of unbranched alkanes of at least 4 members (excludes halogenated alkanes) is 1. The molecule has 0 spiro atoms. The van der Waals surface area contributed by atoms with Gasteiger partial charge in [0.2, 0.25) is 0 Å². The van der Waals surface area contributed by atoms with Gasteiger partial charge in [-0.2, -0.15) is 13.2 Å². The largest absolute Gasteiger partial charge is 0.416 e. The molecule has 1 rings (SSSR count). The normalized spacial score (nSPS) is 13.1. The molecule has 0 aliphatic rings. The molecule has 1 unspecified atom stereocenters. The first-order chi connectivity index (χ1) is 8.36. The number of halogens is 3. The summed E-state index contributed by atoms with van der Waals surface area (Å²) >= 11 is 0. The topological polar surface area (TPSA) is 46.2 Å². The van der Waals surface area contributed by atoms with E-state index in [4.69, 9.17) is 12.2 Å². The number of nitrogen functional groups attached to an aromatic ring is 1. The zero-order valence-electron chi connectivity index (χ0n) is 9.67. The molecule has 18 heavy (non-hydrogen) atoms. The van der Waals surface area contributed by atoms with Gasteiger partial charge in [0.1, 0.15) is 0 Å². The summed E-state index contributed by atoms with van der Waals surface area (Å²) in [4.78, 5) is 0. The van der Waals surface area contributed by atoms with Crippen LogP contribution in [0.5, 0.6) is 0 Å². The minimum absolute atomic E-state index is 0.0989. The number of aliphatic hydroxyl groups is 1. The van der Waals surface area contributed by atoms with Gasteiger partial charge in [-0.15, -0.1) is 12.3 Å². The molecule has 0 bridgehead atoms. The second-order valence-electron chi connectivity index (χ2n) is 3.95. The Balaban J connectivity index is 2.91. The maximum absolute atomic E-state index is 12.5. The summed E-state index contributed by atoms with van der Waals surface area (Å²) in [5, 5.41) is 9.80. The average Bonchev–Trinajstić information content (AvgIpc) is 2.28. The van der Waals surface area contributed by atoms with Gasteiger partial charge in [0, 0.05) is 17.7 Å². The molecule has 0 aliphatic carbocycles. The van der Waals surface area contributed by atoms with Crippen LogP contribution in [-0.4, -0.2) is 5.11 Å². The second kappa shape index (κ2) is 5.78. The van der Waals surface area contributed by atoms with E-state index in [-0.39, 0.29) is 17.7 Å². The Bertz CT molecular complexity index is 449. The van der Waals surface area contributed by atoms with Crippen LogP contribution in [0.15, 0.2) is 18.2 Å². The SMILES string of the molecule is C#CCCCC(O)c1cc(C(F)(F)F)ccc1N. The van der Waals surface area contributed by atoms with Crippen LogP contribution in [0.25, 0.3) is 0 Å². The molecule has 0 saturated carbocycles. The van der Waals surface area contributed by atoms with Crippen molar-refractivity contribution in [1.82, 2.24) is 0 Å². The van der Waals surface area contributed by atoms with Crippen molar-refractivity contribution in [2.24, 2.45) is 0 Å². The molecule has 1 aromatic rings. The van der Waals surface area contributed by atoms with Crippen LogP contribution >= 0.6 is 0 Å². The Hall–Kier alpha value is -1.67. The molecule has 1 aromatic carbocycles. The van der Waals surface area contributed by atoms with Crippen molar-refractivity contribution < 1.29 is 18.3 Å². The maximum atomic E-state index is 12.5. The van der Waals surface area contributed by atoms with Gasteiger partial charge in [0.05, 0.1) is 11.7 Å². The minimum atomic E-state index is -4.44. The third kappa shape index (κ3) is 3.67. The van der Waals surface area contributed by atoms with Crippen LogP contribution in [0.1, 0.15) is 36.5 Å². The van der Waals surface area contributed by atoms with Gasteiger partial charge in [-0.25, -0.2) is 0 Å². The van der Waals surface area contributed by atoms with Gasteiger partial charge >= 0.3 is 6.18 Å². The Morgan fingerprint density at radius 3 is 2.61 bits per heavy atom. The number of hydrogen-bond donors (Lipinski definition) is 2. The lowest BCUT2D eigenvalue weighted by Crippen LogP contribution is -2.09. The Kier molecular flexibility index (Phi) is 4.62. The number of nitrogens with two attached hydrogens (primary N) is 1. The van der Waals surface area contributed by atoms with Gasteiger partial charge in [-0.3, -0.25) is 0 Å². The second-order valence-corrected chi connectivity index (χ2v) is 3.95. The number of rotatable bonds is 4. The van der Waals surface area contributed by atoms with Crippen molar-refractivity contribution >= 4 is 5.69 Å². The lowest BCUT2D eigenvalue weighted by molar-refractivity contribution is -0.137. The first-order valence-electron chi connectivity index (χ1n) is 5.44. The molecular formula is C13H14F3NO. The summed E-state index contributed by atoms with van der Waals surface area (Å²) in [6, 6.07) is 2.94. The van der Waals surface area contributed by atoms with Crippen LogP contribution in [0.3, 0.4) is 0 Å². The van der Waals surface area contributed by atoms with Gasteiger partial charge in [-0.05, 0) is 31.0 Å². The van der Waals surface area contributed by atoms with Gasteiger partial charge in [0.25, 0.3) is 0 Å². The molecule has 0 heterocycles. The Labute approximate surface area is 104 Å². The van der Waals surface area contributed by atoms with Crippen molar-refractivity contribution in [3.8, 4) is 12.3 Å². The zero-order valence-corrected chi connectivity index (χ0v) is 9.67. The fraction of sp³-hybridized carbons (Fsp3) is 0.385. The van der Waals surface area contributed by atoms with E-state index in [1.807, 2.05) is 0 Å². The lowest BCUT2D eigenvalue weighted by atomic mass is 9.99. The monoisotopic (exact) mass is 257 g/mol. The molecule has 98 valence electrons. The van der Waals surface area contributed by atoms with Crippen molar-refractivity contribution in [3.63, 3.8) is 0 Å². The van der Waals surface area contributed by atoms with E-state index in [2.05, 4.69) is 5.92 Å². The van der Waals surface area contributed by atoms with Crippen molar-refractivity contribution in [2.75, 3.05) is 5.73 Å². The van der Waals surface area contributed by atoms with Crippen molar-refractivity contribution in [1.29, 1.82) is 0 Å². The molecule has 5 heteroatoms. The van der Waals surface area contributed by atoms with E-state index in [1.54, 1.807) is 0 Å². The summed E-state index contributed by atoms with van der Waals surface area (Å²) in [7, 11) is 0. The third-order valence-electron chi connectivity index (χ3n) is 2.57. The molecule has 2 nitrogen and oxygen atoms in total. The van der Waals surface area contributed by atoms with Crippen molar-refractivity contribution in [3.05, 3.63) is 29.3 Å². The summed E-state index contributed by atoms with van der Waals surface area (Å²) in [5.41, 5.74) is 5.00. The first-order valence-corrected chi connectivity index (χ1v) is 5.44. The summed E-state index contributed by atoms with van der Waals surface area (Å²) in [6.07, 6.45) is 0.879. The highest BCUT2D eigenvalue weighted by Gasteiger charge is 2.31. The fourth-order valence-corrected chi connectivity index (χ4v) is 1.59. The molecule has 3 N–H and O–H groups in total. The smallest absolute Gasteiger partial charge is 0.398 e. The quantitative estimate of drug-likeness (QED) is 0.494. The van der Waals surface area contributed by atoms with E-state index in [9.17, 15) is 18.3 Å². The fourth-order valence-electron chi connectivity index (χ4n) is 1.59. The van der Waals surface area contributed by atoms with E-state index < -0.39 is 17.8 Å². The highest BCUT2D eigenvalue weighted by Crippen LogP contribution is 2.34. The average molecular weight is 257 g/mol. The Morgan fingerprint density at radius 2 is 2.06 bits per heavy atom. The van der Waals surface area contributed by atoms with E-state index >= 15 is 0 Å². The Morgan fingerprint density at radius 1 is 1.39 bits per heavy atom. The highest BCUT2D eigenvalue weighted by atomic mass is 19.4. The summed E-state index contributed by atoms with van der Waals surface area (Å²) in [5.74, 6) is 2.40. The first kappa shape index (κ1) is 14.4. The highest BCUT2D eigenvalue weighted by molar-refractivity contribution is 5.50. The van der Waals surface area contributed by atoms with Crippen LogP contribution in [0.4, 0.5) is 18.9 Å². The number of anilines is 1. The van der Waals surface area contributed by atoms with Crippen LogP contribution in [0.2, 0.25) is 0 Å². The molecule has 0 fully saturated rings. The van der Waals surface area contributed by atoms with E-state index in [0.717, 1.165) is 18.2 Å². The molecule has 0 amide bonds. The van der Waals surface area contributed by atoms with Gasteiger partial charge in [0.15, 0.2) is 0 Å². The molecule has 0 saturated heterocycles. The number of aliphatic hydroxyl groups excluding tert-OH is 1. The van der Waals surface area contributed by atoms with Gasteiger partial charge < -0.3 is 10.8 Å². The standard InChI is InChI=1S/C13H14F3NO/c1-2-3-4-5-12(18)10-8-9(13(14,15)16)6-7-11(10)17/h1,6-8,12,18H,3-5,17H2. The molecule has 1 atom stereocenters. The predicted octanol–water partition coefficient (Wildman–Crippen LogP) is 3.12. The van der Waals surface area contributed by atoms with Crippen LogP contribution in [0, 0.1) is 12.3 Å². The molecule has 0 radical (unpaired) electrons. The van der Waals surface area contributed by atoms with E-state index in [1.165, 1.54) is 0 Å². The number of hydrogen-bond acceptors (Lipinski definition) is 2. The zero-order chi connectivity index (χ0) is 13.8. The van der Waals surface area contributed by atoms with Gasteiger partial charge in [-0.1, -0.05) is 0 Å². The molecular weight excluding hydrogens is 243 g/mol. The minimum Gasteiger partial charge on any atom is -0.398 e. The van der Waals surface area contributed by atoms with E-state index in [0.29, 0.717) is 12.8 Å². The number of terminal acetylenes is 1. The molecule has 0 aromatic heterocycles. The van der Waals surface area contributed by atoms with Crippen molar-refractivity contribution in [2.45, 2.75) is 31.5 Å². The lowest BCUT2D eigenvalue weighted by Gasteiger charge is -2.15. The number of benzene rings is 1. The third-order valence-corrected chi connectivity index (χ3v) is 2.57. The van der Waals surface area contributed by atoms with Crippen LogP contribution < -0.4 is 5.73 Å².